The second-order valence-corrected chi connectivity index (χ2v) is 21.2. The Hall–Kier alpha value is -2.41. The molecule has 0 heterocycles. The van der Waals surface area contributed by atoms with Gasteiger partial charge < -0.3 is 9.84 Å². The second kappa shape index (κ2) is 14.7. The van der Waals surface area contributed by atoms with Gasteiger partial charge in [0.25, 0.3) is 0 Å². The average Bonchev–Trinajstić information content (AvgIpc) is 3.61. The molecule has 13 atom stereocenters. The number of esters is 1. The van der Waals surface area contributed by atoms with Crippen molar-refractivity contribution in [2.24, 2.45) is 63.1 Å². The molecule has 0 spiro atoms. The summed E-state index contributed by atoms with van der Waals surface area (Å²) in [6.07, 6.45) is 20.9. The van der Waals surface area contributed by atoms with E-state index in [-0.39, 0.29) is 45.0 Å². The number of rotatable bonds is 7. The molecule has 0 aromatic carbocycles. The van der Waals surface area contributed by atoms with E-state index in [0.29, 0.717) is 79.3 Å². The van der Waals surface area contributed by atoms with Gasteiger partial charge in [-0.1, -0.05) is 65.5 Å². The van der Waals surface area contributed by atoms with Crippen LogP contribution in [0, 0.1) is 63.1 Å². The minimum absolute atomic E-state index is 0.0330. The maximum atomic E-state index is 13.1. The van der Waals surface area contributed by atoms with Gasteiger partial charge in [-0.15, -0.1) is 0 Å². The maximum absolute atomic E-state index is 13.1. The normalized spacial score (nSPS) is 46.3. The zero-order chi connectivity index (χ0) is 40.6. The molecule has 0 aliphatic heterocycles. The number of Topliss-reactive ketones (excluding diaryl/α,β-unsaturated/α-hetero) is 2. The van der Waals surface area contributed by atoms with Crippen LogP contribution in [0.5, 0.6) is 0 Å². The summed E-state index contributed by atoms with van der Waals surface area (Å²) in [4.78, 5) is 62.1. The van der Waals surface area contributed by atoms with Crippen LogP contribution in [-0.2, 0) is 28.7 Å². The Morgan fingerprint density at radius 1 is 0.696 bits per heavy atom. The first-order valence-electron chi connectivity index (χ1n) is 22.8. The standard InChI is InChI=1S/C27H40O4.C22H32O3/c1-5-6-7-8-24(30)31-27(18(2)28)16-13-23-21-10-9-19-17-20(29)11-14-25(19,3)22(21)12-15-26(23,27)4;1-13-11-16-17(20(3)8-5-15(24)12-19(13)20)6-9-21(4)18(16)7-10-22(21,25)14(2)23/h17,21-23H,5-16H2,1-4H3;12-13,16-18,25H,5-11H2,1-4H3/t21-,22+,23+,25+,26+,27+;13-,16+,17-,18-,20+,21-,22-/m10/s1. The van der Waals surface area contributed by atoms with E-state index in [2.05, 4.69) is 41.5 Å². The molecule has 56 heavy (non-hydrogen) atoms. The van der Waals surface area contributed by atoms with Gasteiger partial charge in [0.2, 0.25) is 0 Å². The third kappa shape index (κ3) is 6.14. The average molecular weight is 773 g/mol. The molecule has 1 N–H and O–H groups in total. The number of carbonyl (C=O) groups excluding carboxylic acids is 5. The summed E-state index contributed by atoms with van der Waals surface area (Å²) >= 11 is 0. The van der Waals surface area contributed by atoms with E-state index in [9.17, 15) is 29.1 Å². The van der Waals surface area contributed by atoms with Crippen LogP contribution in [0.1, 0.15) is 177 Å². The van der Waals surface area contributed by atoms with E-state index in [4.69, 9.17) is 4.74 Å². The highest BCUT2D eigenvalue weighted by molar-refractivity contribution is 5.92. The number of ketones is 4. The fraction of sp³-hybridized carbons (Fsp3) is 0.816. The molecule has 0 aromatic rings. The topological polar surface area (TPSA) is 115 Å². The number of aliphatic hydroxyl groups is 1. The highest BCUT2D eigenvalue weighted by Crippen LogP contribution is 2.70. The van der Waals surface area contributed by atoms with Gasteiger partial charge in [-0.3, -0.25) is 24.0 Å². The van der Waals surface area contributed by atoms with Crippen LogP contribution in [-0.4, -0.2) is 45.4 Å². The summed E-state index contributed by atoms with van der Waals surface area (Å²) in [7, 11) is 0. The lowest BCUT2D eigenvalue weighted by molar-refractivity contribution is -0.189. The highest BCUT2D eigenvalue weighted by Gasteiger charge is 2.69. The van der Waals surface area contributed by atoms with Crippen LogP contribution in [0.4, 0.5) is 0 Å². The Bertz CT molecular complexity index is 1710. The lowest BCUT2D eigenvalue weighted by Gasteiger charge is -2.60. The van der Waals surface area contributed by atoms with Crippen LogP contribution >= 0.6 is 0 Å². The largest absolute Gasteiger partial charge is 0.450 e. The van der Waals surface area contributed by atoms with Gasteiger partial charge in [-0.2, -0.15) is 0 Å². The third-order valence-corrected chi connectivity index (χ3v) is 18.9. The molecular formula is C49H72O7. The lowest BCUT2D eigenvalue weighted by atomic mass is 9.45. The molecule has 7 nitrogen and oxygen atoms in total. The lowest BCUT2D eigenvalue weighted by Crippen LogP contribution is -2.58. The Balaban J connectivity index is 0.000000175. The van der Waals surface area contributed by atoms with Crippen molar-refractivity contribution in [1.29, 1.82) is 0 Å². The van der Waals surface area contributed by atoms with E-state index in [0.717, 1.165) is 89.9 Å². The summed E-state index contributed by atoms with van der Waals surface area (Å²) in [5, 5.41) is 11.2. The Labute approximate surface area is 337 Å². The van der Waals surface area contributed by atoms with Crippen molar-refractivity contribution in [3.8, 4) is 0 Å². The third-order valence-electron chi connectivity index (χ3n) is 18.9. The van der Waals surface area contributed by atoms with Crippen LogP contribution in [0.15, 0.2) is 23.3 Å². The second-order valence-electron chi connectivity index (χ2n) is 21.2. The number of fused-ring (bicyclic) bond motifs is 10. The zero-order valence-electron chi connectivity index (χ0n) is 36.0. The number of hydrogen-bond donors (Lipinski definition) is 1. The summed E-state index contributed by atoms with van der Waals surface area (Å²) in [6, 6.07) is 0. The first-order chi connectivity index (χ1) is 26.3. The number of carbonyl (C=O) groups is 5. The molecular weight excluding hydrogens is 701 g/mol. The molecule has 0 amide bonds. The minimum Gasteiger partial charge on any atom is -0.450 e. The molecule has 8 rings (SSSR count). The van der Waals surface area contributed by atoms with Crippen molar-refractivity contribution in [2.45, 2.75) is 189 Å². The summed E-state index contributed by atoms with van der Waals surface area (Å²) in [5.41, 5.74) is 0.367. The van der Waals surface area contributed by atoms with Crippen LogP contribution in [0.2, 0.25) is 0 Å². The van der Waals surface area contributed by atoms with Crippen molar-refractivity contribution in [3.05, 3.63) is 23.3 Å². The number of ether oxygens (including phenoxy) is 1. The van der Waals surface area contributed by atoms with Gasteiger partial charge in [-0.25, -0.2) is 0 Å². The van der Waals surface area contributed by atoms with E-state index in [1.54, 1.807) is 13.8 Å². The fourth-order valence-electron chi connectivity index (χ4n) is 15.7. The van der Waals surface area contributed by atoms with Gasteiger partial charge in [0.05, 0.1) is 0 Å². The van der Waals surface area contributed by atoms with Crippen molar-refractivity contribution in [2.75, 3.05) is 0 Å². The molecule has 6 saturated carbocycles. The Kier molecular flexibility index (Phi) is 11.0. The van der Waals surface area contributed by atoms with Crippen LogP contribution in [0.25, 0.3) is 0 Å². The Morgan fingerprint density at radius 2 is 1.29 bits per heavy atom. The van der Waals surface area contributed by atoms with Crippen LogP contribution in [0.3, 0.4) is 0 Å². The molecule has 8 aliphatic rings. The summed E-state index contributed by atoms with van der Waals surface area (Å²) < 4.78 is 6.16. The Morgan fingerprint density at radius 3 is 1.95 bits per heavy atom. The first kappa shape index (κ1) is 41.7. The van der Waals surface area contributed by atoms with Crippen LogP contribution < -0.4 is 0 Å². The summed E-state index contributed by atoms with van der Waals surface area (Å²) in [6.45, 7) is 16.8. The number of hydrogen-bond acceptors (Lipinski definition) is 7. The molecule has 310 valence electrons. The van der Waals surface area contributed by atoms with Crippen molar-refractivity contribution >= 4 is 29.1 Å². The van der Waals surface area contributed by atoms with Gasteiger partial charge in [-0.05, 0) is 168 Å². The van der Waals surface area contributed by atoms with Crippen molar-refractivity contribution < 1.29 is 33.8 Å². The number of allylic oxidation sites excluding steroid dienone is 2. The molecule has 8 aliphatic carbocycles. The highest BCUT2D eigenvalue weighted by atomic mass is 16.6. The van der Waals surface area contributed by atoms with Gasteiger partial charge in [0, 0.05) is 30.1 Å². The van der Waals surface area contributed by atoms with Crippen molar-refractivity contribution in [1.82, 2.24) is 0 Å². The van der Waals surface area contributed by atoms with Gasteiger partial charge in [0.15, 0.2) is 28.7 Å². The smallest absolute Gasteiger partial charge is 0.306 e. The first-order valence-corrected chi connectivity index (χ1v) is 22.8. The van der Waals surface area contributed by atoms with E-state index in [1.165, 1.54) is 11.1 Å². The minimum atomic E-state index is -1.13. The monoisotopic (exact) mass is 773 g/mol. The number of unbranched alkanes of at least 4 members (excludes halogenated alkanes) is 2. The fourth-order valence-corrected chi connectivity index (χ4v) is 15.7. The molecule has 0 radical (unpaired) electrons. The van der Waals surface area contributed by atoms with E-state index in [1.807, 2.05) is 12.2 Å². The van der Waals surface area contributed by atoms with Gasteiger partial charge >= 0.3 is 5.97 Å². The predicted molar refractivity (Wildman–Crippen MR) is 217 cm³/mol. The summed E-state index contributed by atoms with van der Waals surface area (Å²) in [5.74, 6) is 3.93. The SMILES string of the molecule is CC(=O)[C@@]1(O)CC[C@H]2[C@@H]3C[C@H](C)C4=CC(=O)CC[C@]4(C)[C@H]3CC[C@@]21C.CCCCCC(=O)O[C@]1(C(C)=O)CC[C@H]2[C@@H]3CCC4=CC(=O)CC[C@]4(C)[C@H]3CC[C@@]21C. The van der Waals surface area contributed by atoms with E-state index < -0.39 is 11.2 Å². The predicted octanol–water partition coefficient (Wildman–Crippen LogP) is 10.1. The molecule has 0 bridgehead atoms. The molecule has 0 saturated heterocycles. The quantitative estimate of drug-likeness (QED) is 0.202. The molecule has 7 heteroatoms. The maximum Gasteiger partial charge on any atom is 0.306 e. The zero-order valence-corrected chi connectivity index (χ0v) is 36.0. The molecule has 0 unspecified atom stereocenters. The van der Waals surface area contributed by atoms with Crippen molar-refractivity contribution in [3.63, 3.8) is 0 Å². The molecule has 6 fully saturated rings. The molecule has 0 aromatic heterocycles. The van der Waals surface area contributed by atoms with E-state index >= 15 is 0 Å². The van der Waals surface area contributed by atoms with Gasteiger partial charge in [0.1, 0.15) is 5.60 Å².